The molecule has 0 unspecified atom stereocenters. The minimum Gasteiger partial charge on any atom is -0.273 e. The quantitative estimate of drug-likeness (QED) is 0.522. The Balaban J connectivity index is 1.32. The molecule has 3 rings (SSSR count). The second-order valence-corrected chi connectivity index (χ2v) is 9.18. The van der Waals surface area contributed by atoms with E-state index >= 15 is 0 Å². The summed E-state index contributed by atoms with van der Waals surface area (Å²) in [6.45, 7) is 0. The minimum absolute atomic E-state index is 0.00213. The van der Waals surface area contributed by atoms with Crippen LogP contribution in [0.2, 0.25) is 0 Å². The van der Waals surface area contributed by atoms with Gasteiger partial charge in [-0.25, -0.2) is 0 Å². The smallest absolute Gasteiger partial charge is 0.241 e. The van der Waals surface area contributed by atoms with Crippen LogP contribution in [0, 0.1) is 23.7 Å². The summed E-state index contributed by atoms with van der Waals surface area (Å²) < 4.78 is 0. The van der Waals surface area contributed by atoms with Gasteiger partial charge in [0.05, 0.1) is 0 Å². The molecule has 8 heteroatoms. The monoisotopic (exact) mass is 420 g/mol. The van der Waals surface area contributed by atoms with Crippen LogP contribution in [-0.4, -0.2) is 23.6 Å². The van der Waals surface area contributed by atoms with Crippen molar-refractivity contribution in [1.82, 2.24) is 21.7 Å². The van der Waals surface area contributed by atoms with Gasteiger partial charge in [0.25, 0.3) is 0 Å². The summed E-state index contributed by atoms with van der Waals surface area (Å²) in [4.78, 5) is 49.0. The molecule has 0 bridgehead atoms. The first-order valence-corrected chi connectivity index (χ1v) is 11.7. The van der Waals surface area contributed by atoms with Gasteiger partial charge in [-0.2, -0.15) is 0 Å². The zero-order valence-corrected chi connectivity index (χ0v) is 17.8. The van der Waals surface area contributed by atoms with Gasteiger partial charge < -0.3 is 0 Å². The highest BCUT2D eigenvalue weighted by Crippen LogP contribution is 2.29. The van der Waals surface area contributed by atoms with Gasteiger partial charge in [-0.15, -0.1) is 0 Å². The van der Waals surface area contributed by atoms with Crippen LogP contribution < -0.4 is 21.7 Å². The fourth-order valence-corrected chi connectivity index (χ4v) is 5.00. The summed E-state index contributed by atoms with van der Waals surface area (Å²) in [5.41, 5.74) is 10.3. The molecular formula is C22H36N4O4. The van der Waals surface area contributed by atoms with Crippen molar-refractivity contribution in [2.75, 3.05) is 0 Å². The highest BCUT2D eigenvalue weighted by atomic mass is 16.2. The van der Waals surface area contributed by atoms with Crippen molar-refractivity contribution in [3.63, 3.8) is 0 Å². The number of nitrogens with one attached hydrogen (secondary N) is 4. The van der Waals surface area contributed by atoms with Gasteiger partial charge in [0.15, 0.2) is 0 Å². The number of rotatable bonds is 4. The Morgan fingerprint density at radius 3 is 0.867 bits per heavy atom. The fraction of sp³-hybridized carbons (Fsp3) is 0.818. The van der Waals surface area contributed by atoms with Gasteiger partial charge in [0.1, 0.15) is 0 Å². The third kappa shape index (κ3) is 6.44. The lowest BCUT2D eigenvalue weighted by atomic mass is 9.81. The van der Waals surface area contributed by atoms with Crippen LogP contribution in [0.1, 0.15) is 89.9 Å². The molecule has 0 aromatic carbocycles. The van der Waals surface area contributed by atoms with E-state index in [1.807, 2.05) is 0 Å². The molecule has 3 aliphatic rings. The van der Waals surface area contributed by atoms with Gasteiger partial charge in [-0.05, 0) is 51.4 Å². The molecule has 0 spiro atoms. The first kappa shape index (κ1) is 22.6. The highest BCUT2D eigenvalue weighted by Gasteiger charge is 2.31. The number of hydrazine groups is 2. The standard InChI is InChI=1S/C22H36N4O4/c27-19(15-7-3-1-4-8-15)23-25-21(29)17-11-13-18(14-12-17)22(30)26-24-20(28)16-9-5-2-6-10-16/h15-18H,1-14H2,(H,23,27)(H,24,28)(H,25,29)(H,26,30). The Kier molecular flexibility index (Phi) is 8.51. The maximum absolute atomic E-state index is 12.4. The van der Waals surface area contributed by atoms with Crippen LogP contribution in [0.3, 0.4) is 0 Å². The molecule has 0 heterocycles. The summed E-state index contributed by atoms with van der Waals surface area (Å²) >= 11 is 0. The van der Waals surface area contributed by atoms with Crippen molar-refractivity contribution in [3.8, 4) is 0 Å². The third-order valence-electron chi connectivity index (χ3n) is 7.04. The molecule has 4 amide bonds. The Morgan fingerprint density at radius 1 is 0.367 bits per heavy atom. The average molecular weight is 421 g/mol. The molecule has 168 valence electrons. The van der Waals surface area contributed by atoms with Gasteiger partial charge in [-0.1, -0.05) is 38.5 Å². The Morgan fingerprint density at radius 2 is 0.600 bits per heavy atom. The van der Waals surface area contributed by atoms with E-state index in [4.69, 9.17) is 0 Å². The second kappa shape index (κ2) is 11.3. The van der Waals surface area contributed by atoms with Crippen LogP contribution in [0.5, 0.6) is 0 Å². The Labute approximate surface area is 178 Å². The molecule has 3 fully saturated rings. The molecule has 0 aromatic heterocycles. The predicted molar refractivity (Wildman–Crippen MR) is 111 cm³/mol. The number of hydrogen-bond acceptors (Lipinski definition) is 4. The van der Waals surface area contributed by atoms with Crippen molar-refractivity contribution >= 4 is 23.6 Å². The first-order valence-electron chi connectivity index (χ1n) is 11.7. The van der Waals surface area contributed by atoms with Crippen molar-refractivity contribution in [1.29, 1.82) is 0 Å². The lowest BCUT2D eigenvalue weighted by Gasteiger charge is -2.28. The molecular weight excluding hydrogens is 384 g/mol. The van der Waals surface area contributed by atoms with E-state index in [2.05, 4.69) is 21.7 Å². The topological polar surface area (TPSA) is 116 Å². The summed E-state index contributed by atoms with van der Waals surface area (Å²) in [5.74, 6) is -0.929. The van der Waals surface area contributed by atoms with Crippen molar-refractivity contribution in [2.24, 2.45) is 23.7 Å². The van der Waals surface area contributed by atoms with Gasteiger partial charge in [0, 0.05) is 23.7 Å². The van der Waals surface area contributed by atoms with Crippen LogP contribution in [-0.2, 0) is 19.2 Å². The van der Waals surface area contributed by atoms with E-state index in [0.29, 0.717) is 25.7 Å². The third-order valence-corrected chi connectivity index (χ3v) is 7.04. The summed E-state index contributed by atoms with van der Waals surface area (Å²) in [7, 11) is 0. The average Bonchev–Trinajstić information content (AvgIpc) is 2.81. The van der Waals surface area contributed by atoms with Gasteiger partial charge >= 0.3 is 0 Å². The SMILES string of the molecule is O=C(NNC(=O)C1CCC(C(=O)NNC(=O)C2CCCCC2)CC1)C1CCCCC1. The maximum atomic E-state index is 12.4. The summed E-state index contributed by atoms with van der Waals surface area (Å²) in [6, 6.07) is 0. The molecule has 0 aliphatic heterocycles. The van der Waals surface area contributed by atoms with E-state index in [-0.39, 0.29) is 47.3 Å². The molecule has 0 atom stereocenters. The second-order valence-electron chi connectivity index (χ2n) is 9.18. The maximum Gasteiger partial charge on any atom is 0.241 e. The zero-order valence-electron chi connectivity index (χ0n) is 17.8. The Bertz CT molecular complexity index is 565. The summed E-state index contributed by atoms with van der Waals surface area (Å²) in [6.07, 6.45) is 12.6. The van der Waals surface area contributed by atoms with Crippen LogP contribution >= 0.6 is 0 Å². The zero-order chi connectivity index (χ0) is 21.3. The van der Waals surface area contributed by atoms with Crippen LogP contribution in [0.15, 0.2) is 0 Å². The van der Waals surface area contributed by atoms with Gasteiger partial charge in [-0.3, -0.25) is 40.9 Å². The van der Waals surface area contributed by atoms with E-state index < -0.39 is 0 Å². The van der Waals surface area contributed by atoms with E-state index in [1.165, 1.54) is 12.8 Å². The van der Waals surface area contributed by atoms with E-state index in [9.17, 15) is 19.2 Å². The first-order chi connectivity index (χ1) is 14.5. The molecule has 8 nitrogen and oxygen atoms in total. The molecule has 3 saturated carbocycles. The molecule has 0 saturated heterocycles. The molecule has 0 radical (unpaired) electrons. The number of carbonyl (C=O) groups is 4. The summed E-state index contributed by atoms with van der Waals surface area (Å²) in [5, 5.41) is 0. The van der Waals surface area contributed by atoms with Crippen molar-refractivity contribution in [3.05, 3.63) is 0 Å². The predicted octanol–water partition coefficient (Wildman–Crippen LogP) is 2.25. The number of hydrogen-bond donors (Lipinski definition) is 4. The fourth-order valence-electron chi connectivity index (χ4n) is 5.00. The normalized spacial score (nSPS) is 25.7. The van der Waals surface area contributed by atoms with Crippen LogP contribution in [0.4, 0.5) is 0 Å². The highest BCUT2D eigenvalue weighted by molar-refractivity contribution is 5.86. The molecule has 30 heavy (non-hydrogen) atoms. The van der Waals surface area contributed by atoms with E-state index in [0.717, 1.165) is 51.4 Å². The lowest BCUT2D eigenvalue weighted by Crippen LogP contribution is -2.49. The number of amides is 4. The lowest BCUT2D eigenvalue weighted by molar-refractivity contribution is -0.136. The molecule has 0 aromatic rings. The molecule has 4 N–H and O–H groups in total. The number of carbonyl (C=O) groups excluding carboxylic acids is 4. The van der Waals surface area contributed by atoms with Crippen LogP contribution in [0.25, 0.3) is 0 Å². The van der Waals surface area contributed by atoms with Crippen molar-refractivity contribution < 1.29 is 19.2 Å². The Hall–Kier alpha value is -2.12. The van der Waals surface area contributed by atoms with Gasteiger partial charge in [0.2, 0.25) is 23.6 Å². The minimum atomic E-state index is -0.197. The molecule has 3 aliphatic carbocycles. The van der Waals surface area contributed by atoms with E-state index in [1.54, 1.807) is 0 Å². The largest absolute Gasteiger partial charge is 0.273 e. The van der Waals surface area contributed by atoms with Crippen molar-refractivity contribution in [2.45, 2.75) is 89.9 Å².